The van der Waals surface area contributed by atoms with Crippen molar-refractivity contribution in [3.8, 4) is 5.69 Å². The summed E-state index contributed by atoms with van der Waals surface area (Å²) in [6.45, 7) is 4.81. The number of likely N-dealkylation sites (N-methyl/N-ethyl adjacent to an activating group) is 1. The Labute approximate surface area is 170 Å². The molecule has 1 aliphatic heterocycles. The van der Waals surface area contributed by atoms with Crippen LogP contribution in [0.2, 0.25) is 0 Å². The Hall–Kier alpha value is -2.90. The topological polar surface area (TPSA) is 59.8 Å². The Morgan fingerprint density at radius 3 is 2.62 bits per heavy atom. The number of nitrogens with zero attached hydrogens (tertiary/aromatic N) is 4. The number of fused-ring (bicyclic) bond motifs is 1. The zero-order valence-corrected chi connectivity index (χ0v) is 16.9. The highest BCUT2D eigenvalue weighted by molar-refractivity contribution is 5.94. The lowest BCUT2D eigenvalue weighted by Gasteiger charge is -2.34. The van der Waals surface area contributed by atoms with Gasteiger partial charge in [0.05, 0.1) is 23.2 Å². The number of methoxy groups -OCH3 is 1. The summed E-state index contributed by atoms with van der Waals surface area (Å²) < 4.78 is 12.2. The number of piperazine rings is 1. The molecule has 1 aliphatic rings. The van der Waals surface area contributed by atoms with Gasteiger partial charge in [-0.1, -0.05) is 6.07 Å². The lowest BCUT2D eigenvalue weighted by molar-refractivity contribution is 0.0388. The second-order valence-corrected chi connectivity index (χ2v) is 7.26. The summed E-state index contributed by atoms with van der Waals surface area (Å²) >= 11 is 0. The number of benzene rings is 2. The minimum absolute atomic E-state index is 0.237. The third-order valence-corrected chi connectivity index (χ3v) is 5.28. The summed E-state index contributed by atoms with van der Waals surface area (Å²) in [7, 11) is 3.73. The Bertz CT molecular complexity index is 993. The van der Waals surface area contributed by atoms with E-state index in [-0.39, 0.29) is 12.6 Å². The maximum Gasteiger partial charge on any atom is 0.338 e. The van der Waals surface area contributed by atoms with Gasteiger partial charge in [0.15, 0.2) is 0 Å². The summed E-state index contributed by atoms with van der Waals surface area (Å²) in [6.07, 6.45) is 1.80. The zero-order chi connectivity index (χ0) is 20.2. The molecule has 7 heteroatoms. The lowest BCUT2D eigenvalue weighted by Crippen LogP contribution is -2.44. The van der Waals surface area contributed by atoms with Crippen molar-refractivity contribution in [1.82, 2.24) is 14.5 Å². The average Bonchev–Trinajstić information content (AvgIpc) is 3.18. The summed E-state index contributed by atoms with van der Waals surface area (Å²) in [5.74, 6) is -0.365. The number of esters is 1. The van der Waals surface area contributed by atoms with Gasteiger partial charge in [0, 0.05) is 44.7 Å². The number of imidazole rings is 1. The van der Waals surface area contributed by atoms with E-state index in [1.807, 2.05) is 6.07 Å². The summed E-state index contributed by atoms with van der Waals surface area (Å²) in [5, 5.41) is 0. The van der Waals surface area contributed by atoms with Crippen LogP contribution < -0.4 is 4.90 Å². The Balaban J connectivity index is 1.57. The highest BCUT2D eigenvalue weighted by Gasteiger charge is 2.16. The van der Waals surface area contributed by atoms with E-state index in [9.17, 15) is 4.79 Å². The molecular formula is C22H26N4O3. The Morgan fingerprint density at radius 1 is 1.03 bits per heavy atom. The zero-order valence-electron chi connectivity index (χ0n) is 16.9. The first-order chi connectivity index (χ1) is 14.2. The van der Waals surface area contributed by atoms with E-state index in [0.717, 1.165) is 42.9 Å². The van der Waals surface area contributed by atoms with Gasteiger partial charge in [-0.2, -0.15) is 0 Å². The van der Waals surface area contributed by atoms with Gasteiger partial charge in [0.2, 0.25) is 0 Å². The molecule has 3 aromatic rings. The first kappa shape index (κ1) is 19.4. The molecule has 29 heavy (non-hydrogen) atoms. The minimum Gasteiger partial charge on any atom is -0.460 e. The highest BCUT2D eigenvalue weighted by atomic mass is 16.6. The molecule has 0 atom stereocenters. The average molecular weight is 394 g/mol. The molecule has 0 aliphatic carbocycles. The third kappa shape index (κ3) is 4.26. The van der Waals surface area contributed by atoms with Crippen molar-refractivity contribution in [2.45, 2.75) is 0 Å². The maximum atomic E-state index is 12.2. The van der Waals surface area contributed by atoms with Crippen LogP contribution in [0.1, 0.15) is 10.4 Å². The van der Waals surface area contributed by atoms with Gasteiger partial charge in [0.1, 0.15) is 12.9 Å². The molecule has 4 rings (SSSR count). The summed E-state index contributed by atoms with van der Waals surface area (Å²) in [4.78, 5) is 21.4. The number of aromatic nitrogens is 2. The minimum atomic E-state index is -0.365. The smallest absolute Gasteiger partial charge is 0.338 e. The summed E-state index contributed by atoms with van der Waals surface area (Å²) in [5.41, 5.74) is 4.48. The number of hydrogen-bond donors (Lipinski definition) is 0. The van der Waals surface area contributed by atoms with Crippen LogP contribution in [0.15, 0.2) is 48.8 Å². The predicted molar refractivity (Wildman–Crippen MR) is 113 cm³/mol. The second-order valence-electron chi connectivity index (χ2n) is 7.26. The van der Waals surface area contributed by atoms with Gasteiger partial charge in [-0.15, -0.1) is 0 Å². The van der Waals surface area contributed by atoms with Crippen molar-refractivity contribution in [2.24, 2.45) is 0 Å². The highest BCUT2D eigenvalue weighted by Crippen LogP contribution is 2.24. The monoisotopic (exact) mass is 394 g/mol. The first-order valence-electron chi connectivity index (χ1n) is 9.83. The number of anilines is 1. The predicted octanol–water partition coefficient (Wildman–Crippen LogP) is 2.58. The molecule has 1 fully saturated rings. The normalized spacial score (nSPS) is 15.0. The van der Waals surface area contributed by atoms with Crippen LogP contribution in [-0.4, -0.2) is 74.0 Å². The number of rotatable bonds is 6. The second kappa shape index (κ2) is 8.63. The molecule has 0 radical (unpaired) electrons. The molecule has 0 bridgehead atoms. The molecule has 1 aromatic heterocycles. The van der Waals surface area contributed by atoms with Gasteiger partial charge in [0.25, 0.3) is 0 Å². The molecule has 0 saturated carbocycles. The molecule has 2 aromatic carbocycles. The van der Waals surface area contributed by atoms with Crippen molar-refractivity contribution in [3.63, 3.8) is 0 Å². The van der Waals surface area contributed by atoms with Gasteiger partial charge in [-0.3, -0.25) is 4.57 Å². The molecular weight excluding hydrogens is 368 g/mol. The number of ether oxygens (including phenoxy) is 2. The fourth-order valence-electron chi connectivity index (χ4n) is 3.55. The SMILES string of the molecule is COCCOC(=O)c1ccc2c(c1)ncn2-c1cccc(N2CCN(C)CC2)c1. The standard InChI is InChI=1S/C22H26N4O3/c1-24-8-10-25(11-9-24)18-4-3-5-19(15-18)26-16-23-20-14-17(6-7-21(20)26)22(27)29-13-12-28-2/h3-7,14-16H,8-13H2,1-2H3. The van der Waals surface area contributed by atoms with Crippen molar-refractivity contribution in [2.75, 3.05) is 58.5 Å². The van der Waals surface area contributed by atoms with Gasteiger partial charge in [-0.25, -0.2) is 9.78 Å². The van der Waals surface area contributed by atoms with Crippen molar-refractivity contribution < 1.29 is 14.3 Å². The van der Waals surface area contributed by atoms with E-state index < -0.39 is 0 Å². The molecule has 1 saturated heterocycles. The first-order valence-corrected chi connectivity index (χ1v) is 9.83. The molecule has 0 spiro atoms. The molecule has 7 nitrogen and oxygen atoms in total. The summed E-state index contributed by atoms with van der Waals surface area (Å²) in [6, 6.07) is 14.0. The molecule has 152 valence electrons. The number of hydrogen-bond acceptors (Lipinski definition) is 6. The van der Waals surface area contributed by atoms with E-state index in [4.69, 9.17) is 9.47 Å². The van der Waals surface area contributed by atoms with E-state index in [2.05, 4.69) is 50.7 Å². The number of carbonyl (C=O) groups is 1. The van der Waals surface area contributed by atoms with Crippen LogP contribution in [0.3, 0.4) is 0 Å². The van der Waals surface area contributed by atoms with Crippen LogP contribution in [-0.2, 0) is 9.47 Å². The fourth-order valence-corrected chi connectivity index (χ4v) is 3.55. The maximum absolute atomic E-state index is 12.2. The van der Waals surface area contributed by atoms with Crippen LogP contribution >= 0.6 is 0 Å². The largest absolute Gasteiger partial charge is 0.460 e. The molecule has 0 unspecified atom stereocenters. The van der Waals surface area contributed by atoms with Crippen LogP contribution in [0, 0.1) is 0 Å². The quantitative estimate of drug-likeness (QED) is 0.473. The molecule has 0 amide bonds. The lowest BCUT2D eigenvalue weighted by atomic mass is 10.2. The van der Waals surface area contributed by atoms with Crippen molar-refractivity contribution in [3.05, 3.63) is 54.4 Å². The number of carbonyl (C=O) groups excluding carboxylic acids is 1. The van der Waals surface area contributed by atoms with Gasteiger partial charge < -0.3 is 19.3 Å². The van der Waals surface area contributed by atoms with Gasteiger partial charge in [-0.05, 0) is 43.4 Å². The van der Waals surface area contributed by atoms with E-state index in [0.29, 0.717) is 12.2 Å². The molecule has 0 N–H and O–H groups in total. The fraction of sp³-hybridized carbons (Fsp3) is 0.364. The van der Waals surface area contributed by atoms with E-state index in [1.54, 1.807) is 25.6 Å². The van der Waals surface area contributed by atoms with Crippen LogP contribution in [0.25, 0.3) is 16.7 Å². The van der Waals surface area contributed by atoms with E-state index >= 15 is 0 Å². The molecule has 2 heterocycles. The third-order valence-electron chi connectivity index (χ3n) is 5.28. The Kier molecular flexibility index (Phi) is 5.78. The van der Waals surface area contributed by atoms with Crippen molar-refractivity contribution >= 4 is 22.7 Å². The van der Waals surface area contributed by atoms with E-state index in [1.165, 1.54) is 5.69 Å². The van der Waals surface area contributed by atoms with Crippen LogP contribution in [0.4, 0.5) is 5.69 Å². The Morgan fingerprint density at radius 2 is 1.83 bits per heavy atom. The van der Waals surface area contributed by atoms with Gasteiger partial charge >= 0.3 is 5.97 Å². The van der Waals surface area contributed by atoms with Crippen molar-refractivity contribution in [1.29, 1.82) is 0 Å². The van der Waals surface area contributed by atoms with Crippen LogP contribution in [0.5, 0.6) is 0 Å².